The van der Waals surface area contributed by atoms with Gasteiger partial charge in [-0.05, 0) is 64.0 Å². The number of rotatable bonds is 15. The molecule has 230 valence electrons. The average molecular weight is 596 g/mol. The third-order valence-electron chi connectivity index (χ3n) is 9.53. The highest BCUT2D eigenvalue weighted by atomic mass is 32.2. The molecule has 42 heavy (non-hydrogen) atoms. The van der Waals surface area contributed by atoms with Crippen LogP contribution < -0.4 is 4.90 Å². The van der Waals surface area contributed by atoms with Crippen LogP contribution in [0.25, 0.3) is 0 Å². The molecule has 3 amide bonds. The van der Waals surface area contributed by atoms with Crippen molar-refractivity contribution in [2.24, 2.45) is 11.8 Å². The number of aryl methyl sites for hydroxylation is 2. The topological polar surface area (TPSA) is 81.2 Å². The number of benzene rings is 1. The van der Waals surface area contributed by atoms with Gasteiger partial charge in [-0.25, -0.2) is 0 Å². The van der Waals surface area contributed by atoms with Crippen molar-refractivity contribution in [1.29, 1.82) is 0 Å². The fourth-order valence-electron chi connectivity index (χ4n) is 7.78. The second-order valence-corrected chi connectivity index (χ2v) is 14.3. The van der Waals surface area contributed by atoms with Crippen molar-refractivity contribution in [2.75, 3.05) is 37.7 Å². The van der Waals surface area contributed by atoms with Crippen LogP contribution in [0.1, 0.15) is 69.9 Å². The lowest BCUT2D eigenvalue weighted by Gasteiger charge is -2.38. The lowest BCUT2D eigenvalue weighted by Crippen LogP contribution is -2.55. The SMILES string of the molecule is C=CCN(CCC)C(=O)[C@@H]1[C@H]2C(=O)N(CCCCCCO)C(C(=O)N(CC=C)c3c(C)cccc3C)C23CC[C@@]1(C)S3. The number of aliphatic hydroxyl groups excluding tert-OH is 1. The quantitative estimate of drug-likeness (QED) is 0.220. The van der Waals surface area contributed by atoms with E-state index in [1.807, 2.05) is 46.7 Å². The summed E-state index contributed by atoms with van der Waals surface area (Å²) in [6.45, 7) is 18.1. The minimum atomic E-state index is -0.657. The molecule has 0 aromatic heterocycles. The molecule has 1 spiro atoms. The number of para-hydroxylation sites is 1. The van der Waals surface area contributed by atoms with Gasteiger partial charge in [0, 0.05) is 43.2 Å². The Hall–Kier alpha value is -2.58. The van der Waals surface area contributed by atoms with Gasteiger partial charge in [-0.3, -0.25) is 14.4 Å². The van der Waals surface area contributed by atoms with E-state index in [0.717, 1.165) is 61.8 Å². The largest absolute Gasteiger partial charge is 0.396 e. The predicted molar refractivity (Wildman–Crippen MR) is 172 cm³/mol. The van der Waals surface area contributed by atoms with Gasteiger partial charge in [0.25, 0.3) is 5.91 Å². The summed E-state index contributed by atoms with van der Waals surface area (Å²) in [6, 6.07) is 5.36. The van der Waals surface area contributed by atoms with E-state index in [2.05, 4.69) is 27.0 Å². The molecule has 0 aliphatic carbocycles. The molecule has 3 fully saturated rings. The Kier molecular flexibility index (Phi) is 10.3. The summed E-state index contributed by atoms with van der Waals surface area (Å²) in [7, 11) is 0. The van der Waals surface area contributed by atoms with E-state index in [4.69, 9.17) is 0 Å². The fourth-order valence-corrected chi connectivity index (χ4v) is 10.1. The Morgan fingerprint density at radius 2 is 1.74 bits per heavy atom. The van der Waals surface area contributed by atoms with Crippen LogP contribution in [0.5, 0.6) is 0 Å². The maximum absolute atomic E-state index is 14.9. The van der Waals surface area contributed by atoms with E-state index >= 15 is 0 Å². The van der Waals surface area contributed by atoms with E-state index in [-0.39, 0.29) is 24.3 Å². The third-order valence-corrected chi connectivity index (χ3v) is 11.5. The van der Waals surface area contributed by atoms with Gasteiger partial charge in [0.1, 0.15) is 6.04 Å². The van der Waals surface area contributed by atoms with Crippen molar-refractivity contribution in [3.05, 3.63) is 54.6 Å². The van der Waals surface area contributed by atoms with Crippen molar-refractivity contribution in [3.8, 4) is 0 Å². The number of aliphatic hydroxyl groups is 1. The van der Waals surface area contributed by atoms with Gasteiger partial charge in [0.15, 0.2) is 0 Å². The summed E-state index contributed by atoms with van der Waals surface area (Å²) in [5, 5.41) is 9.24. The van der Waals surface area contributed by atoms with Crippen LogP contribution in [0, 0.1) is 25.7 Å². The number of amides is 3. The second kappa shape index (κ2) is 13.4. The normalized spacial score (nSPS) is 27.7. The molecule has 8 heteroatoms. The van der Waals surface area contributed by atoms with E-state index in [1.54, 1.807) is 23.9 Å². The molecule has 3 heterocycles. The van der Waals surface area contributed by atoms with Gasteiger partial charge in [0.2, 0.25) is 11.8 Å². The minimum absolute atomic E-state index is 0.0142. The van der Waals surface area contributed by atoms with Crippen LogP contribution in [0.2, 0.25) is 0 Å². The molecule has 4 rings (SSSR count). The molecular weight excluding hydrogens is 546 g/mol. The fraction of sp³-hybridized carbons (Fsp3) is 0.618. The Labute approximate surface area is 256 Å². The maximum atomic E-state index is 14.9. The standard InChI is InChI=1S/C34H49N3O4S/c1-7-19-35(20-8-2)30(39)26-27-31(40)37(22-12-10-11-13-23-38)29(34(27)18-17-33(26,6)42-34)32(41)36(21-9-3)28-24(4)15-14-16-25(28)5/h7,9,14-16,26-27,29,38H,1,3,8,10-13,17-23H2,2,4-6H3/t26-,27-,29?,33+,34?/m0/s1. The van der Waals surface area contributed by atoms with Gasteiger partial charge in [-0.1, -0.05) is 50.1 Å². The maximum Gasteiger partial charge on any atom is 0.251 e. The number of unbranched alkanes of at least 4 members (excludes halogenated alkanes) is 3. The molecule has 7 nitrogen and oxygen atoms in total. The summed E-state index contributed by atoms with van der Waals surface area (Å²) in [4.78, 5) is 49.2. The van der Waals surface area contributed by atoms with E-state index in [9.17, 15) is 19.5 Å². The van der Waals surface area contributed by atoms with Gasteiger partial charge in [0.05, 0.1) is 16.6 Å². The Morgan fingerprint density at radius 3 is 2.36 bits per heavy atom. The van der Waals surface area contributed by atoms with Crippen LogP contribution in [-0.2, 0) is 14.4 Å². The summed E-state index contributed by atoms with van der Waals surface area (Å²) in [5.41, 5.74) is 2.87. The van der Waals surface area contributed by atoms with E-state index in [1.165, 1.54) is 0 Å². The van der Waals surface area contributed by atoms with Crippen molar-refractivity contribution in [3.63, 3.8) is 0 Å². The van der Waals surface area contributed by atoms with Crippen molar-refractivity contribution in [2.45, 2.75) is 88.2 Å². The summed E-state index contributed by atoms with van der Waals surface area (Å²) in [6.07, 6.45) is 9.08. The average Bonchev–Trinajstić information content (AvgIpc) is 3.52. The number of hydrogen-bond acceptors (Lipinski definition) is 5. The first-order valence-electron chi connectivity index (χ1n) is 15.6. The van der Waals surface area contributed by atoms with Crippen molar-refractivity contribution >= 4 is 35.2 Å². The molecule has 1 aromatic rings. The van der Waals surface area contributed by atoms with Gasteiger partial charge >= 0.3 is 0 Å². The summed E-state index contributed by atoms with van der Waals surface area (Å²) in [5.74, 6) is -1.13. The Bertz CT molecular complexity index is 1180. The molecule has 0 radical (unpaired) electrons. The first-order valence-corrected chi connectivity index (χ1v) is 16.4. The van der Waals surface area contributed by atoms with Crippen molar-refractivity contribution < 1.29 is 19.5 Å². The van der Waals surface area contributed by atoms with Crippen molar-refractivity contribution in [1.82, 2.24) is 9.80 Å². The first kappa shape index (κ1) is 32.3. The number of thioether (sulfide) groups is 1. The lowest BCUT2D eigenvalue weighted by molar-refractivity contribution is -0.145. The molecule has 2 bridgehead atoms. The lowest BCUT2D eigenvalue weighted by atomic mass is 9.66. The number of carbonyl (C=O) groups excluding carboxylic acids is 3. The summed E-state index contributed by atoms with van der Waals surface area (Å²) >= 11 is 1.73. The minimum Gasteiger partial charge on any atom is -0.396 e. The highest BCUT2D eigenvalue weighted by Gasteiger charge is 2.77. The van der Waals surface area contributed by atoms with Crippen LogP contribution >= 0.6 is 11.8 Å². The highest BCUT2D eigenvalue weighted by molar-refractivity contribution is 8.02. The molecule has 1 N–H and O–H groups in total. The van der Waals surface area contributed by atoms with Gasteiger partial charge in [-0.2, -0.15) is 0 Å². The third kappa shape index (κ3) is 5.57. The highest BCUT2D eigenvalue weighted by Crippen LogP contribution is 2.71. The number of anilines is 1. The zero-order chi connectivity index (χ0) is 30.7. The van der Waals surface area contributed by atoms with Crippen LogP contribution in [-0.4, -0.2) is 80.9 Å². The van der Waals surface area contributed by atoms with Crippen LogP contribution in [0.3, 0.4) is 0 Å². The van der Waals surface area contributed by atoms with E-state index < -0.39 is 27.4 Å². The smallest absolute Gasteiger partial charge is 0.251 e. The monoisotopic (exact) mass is 595 g/mol. The molecular formula is C34H49N3O4S. The molecule has 3 aliphatic heterocycles. The van der Waals surface area contributed by atoms with Crippen LogP contribution in [0.15, 0.2) is 43.5 Å². The zero-order valence-corrected chi connectivity index (χ0v) is 26.8. The Morgan fingerprint density at radius 1 is 1.07 bits per heavy atom. The first-order chi connectivity index (χ1) is 20.1. The predicted octanol–water partition coefficient (Wildman–Crippen LogP) is 5.28. The number of hydrogen-bond donors (Lipinski definition) is 1. The number of carbonyl (C=O) groups is 3. The molecule has 5 atom stereocenters. The molecule has 3 saturated heterocycles. The Balaban J connectivity index is 1.78. The second-order valence-electron chi connectivity index (χ2n) is 12.4. The summed E-state index contributed by atoms with van der Waals surface area (Å²) < 4.78 is -1.06. The number of likely N-dealkylation sites (tertiary alicyclic amines) is 1. The number of nitrogens with zero attached hydrogens (tertiary/aromatic N) is 3. The number of fused-ring (bicyclic) bond motifs is 1. The van der Waals surface area contributed by atoms with Crippen LogP contribution in [0.4, 0.5) is 5.69 Å². The molecule has 3 aliphatic rings. The molecule has 2 unspecified atom stereocenters. The van der Waals surface area contributed by atoms with Gasteiger partial charge < -0.3 is 19.8 Å². The molecule has 0 saturated carbocycles. The molecule has 1 aromatic carbocycles. The van der Waals surface area contributed by atoms with E-state index in [0.29, 0.717) is 26.2 Å². The zero-order valence-electron chi connectivity index (χ0n) is 25.9. The van der Waals surface area contributed by atoms with Gasteiger partial charge in [-0.15, -0.1) is 24.9 Å².